The minimum atomic E-state index is -0.855. The maximum Gasteiger partial charge on any atom is 0.246 e. The zero-order valence-electron chi connectivity index (χ0n) is 12.3. The number of hydrogen-bond donors (Lipinski definition) is 1. The SMILES string of the molecule is CC(C)(C)c1csc(NC(=O)C2(C#N)CCCCC2)n1. The third kappa shape index (κ3) is 3.01. The molecule has 1 amide bonds. The highest BCUT2D eigenvalue weighted by Crippen LogP contribution is 2.37. The van der Waals surface area contributed by atoms with Crippen molar-refractivity contribution in [2.75, 3.05) is 5.32 Å². The van der Waals surface area contributed by atoms with Crippen LogP contribution in [0.2, 0.25) is 0 Å². The van der Waals surface area contributed by atoms with Gasteiger partial charge in [0, 0.05) is 10.8 Å². The summed E-state index contributed by atoms with van der Waals surface area (Å²) in [7, 11) is 0. The van der Waals surface area contributed by atoms with Gasteiger partial charge in [0.05, 0.1) is 11.8 Å². The number of anilines is 1. The van der Waals surface area contributed by atoms with Gasteiger partial charge in [0.2, 0.25) is 5.91 Å². The smallest absolute Gasteiger partial charge is 0.246 e. The lowest BCUT2D eigenvalue weighted by Crippen LogP contribution is -2.36. The van der Waals surface area contributed by atoms with E-state index in [1.807, 2.05) is 5.38 Å². The third-order valence-corrected chi connectivity index (χ3v) is 4.61. The van der Waals surface area contributed by atoms with Crippen molar-refractivity contribution in [2.45, 2.75) is 58.3 Å². The zero-order chi connectivity index (χ0) is 14.8. The Morgan fingerprint density at radius 2 is 2.05 bits per heavy atom. The fourth-order valence-electron chi connectivity index (χ4n) is 2.44. The molecule has 0 atom stereocenters. The van der Waals surface area contributed by atoms with Gasteiger partial charge in [0.15, 0.2) is 5.13 Å². The van der Waals surface area contributed by atoms with Crippen LogP contribution in [0.1, 0.15) is 58.6 Å². The normalized spacial score (nSPS) is 18.3. The molecule has 4 nitrogen and oxygen atoms in total. The Hall–Kier alpha value is -1.41. The molecule has 1 fully saturated rings. The number of hydrogen-bond acceptors (Lipinski definition) is 4. The highest BCUT2D eigenvalue weighted by atomic mass is 32.1. The van der Waals surface area contributed by atoms with E-state index in [0.29, 0.717) is 18.0 Å². The molecule has 0 saturated heterocycles. The Bertz CT molecular complexity index is 530. The van der Waals surface area contributed by atoms with E-state index < -0.39 is 5.41 Å². The maximum atomic E-state index is 12.4. The predicted molar refractivity (Wildman–Crippen MR) is 80.6 cm³/mol. The van der Waals surface area contributed by atoms with Gasteiger partial charge in [-0.15, -0.1) is 11.3 Å². The van der Waals surface area contributed by atoms with E-state index >= 15 is 0 Å². The molecule has 20 heavy (non-hydrogen) atoms. The first-order valence-corrected chi connectivity index (χ1v) is 7.94. The quantitative estimate of drug-likeness (QED) is 0.900. The Labute approximate surface area is 124 Å². The van der Waals surface area contributed by atoms with Crippen LogP contribution in [-0.2, 0) is 10.2 Å². The second kappa shape index (κ2) is 5.53. The van der Waals surface area contributed by atoms with Crippen molar-refractivity contribution in [1.29, 1.82) is 5.26 Å². The Morgan fingerprint density at radius 3 is 2.55 bits per heavy atom. The van der Waals surface area contributed by atoms with Crippen LogP contribution >= 0.6 is 11.3 Å². The Kier molecular flexibility index (Phi) is 4.14. The summed E-state index contributed by atoms with van der Waals surface area (Å²) in [5.74, 6) is -0.186. The molecular weight excluding hydrogens is 270 g/mol. The van der Waals surface area contributed by atoms with Crippen molar-refractivity contribution in [3.63, 3.8) is 0 Å². The fraction of sp³-hybridized carbons (Fsp3) is 0.667. The number of aromatic nitrogens is 1. The first-order valence-electron chi connectivity index (χ1n) is 7.06. The first-order chi connectivity index (χ1) is 9.37. The van der Waals surface area contributed by atoms with Crippen molar-refractivity contribution in [2.24, 2.45) is 5.41 Å². The molecule has 1 aliphatic carbocycles. The summed E-state index contributed by atoms with van der Waals surface area (Å²) in [5.41, 5.74) is 0.0794. The van der Waals surface area contributed by atoms with Crippen LogP contribution in [0.15, 0.2) is 5.38 Å². The molecule has 1 N–H and O–H groups in total. The van der Waals surface area contributed by atoms with E-state index in [1.165, 1.54) is 11.3 Å². The van der Waals surface area contributed by atoms with Gasteiger partial charge in [-0.2, -0.15) is 5.26 Å². The molecule has 5 heteroatoms. The summed E-state index contributed by atoms with van der Waals surface area (Å²) >= 11 is 1.43. The van der Waals surface area contributed by atoms with Gasteiger partial charge in [-0.1, -0.05) is 40.0 Å². The number of carbonyl (C=O) groups is 1. The Morgan fingerprint density at radius 1 is 1.40 bits per heavy atom. The molecule has 1 heterocycles. The molecule has 1 aromatic heterocycles. The molecular formula is C15H21N3OS. The highest BCUT2D eigenvalue weighted by molar-refractivity contribution is 7.14. The van der Waals surface area contributed by atoms with E-state index in [0.717, 1.165) is 25.0 Å². The molecule has 0 radical (unpaired) electrons. The average molecular weight is 291 g/mol. The average Bonchev–Trinajstić information content (AvgIpc) is 2.88. The number of carbonyl (C=O) groups excluding carboxylic acids is 1. The van der Waals surface area contributed by atoms with Crippen LogP contribution in [-0.4, -0.2) is 10.9 Å². The lowest BCUT2D eigenvalue weighted by Gasteiger charge is -2.28. The largest absolute Gasteiger partial charge is 0.301 e. The summed E-state index contributed by atoms with van der Waals surface area (Å²) in [5, 5.41) is 14.8. The molecule has 0 bridgehead atoms. The lowest BCUT2D eigenvalue weighted by atomic mass is 9.74. The third-order valence-electron chi connectivity index (χ3n) is 3.85. The highest BCUT2D eigenvalue weighted by Gasteiger charge is 2.40. The zero-order valence-corrected chi connectivity index (χ0v) is 13.1. The van der Waals surface area contributed by atoms with Crippen molar-refractivity contribution < 1.29 is 4.79 Å². The van der Waals surface area contributed by atoms with Gasteiger partial charge in [-0.3, -0.25) is 4.79 Å². The van der Waals surface area contributed by atoms with E-state index in [2.05, 4.69) is 37.1 Å². The summed E-state index contributed by atoms with van der Waals surface area (Å²) in [6.45, 7) is 6.27. The van der Waals surface area contributed by atoms with Gasteiger partial charge >= 0.3 is 0 Å². The minimum absolute atomic E-state index is 0.0305. The second-order valence-electron chi connectivity index (χ2n) is 6.50. The number of nitrogens with one attached hydrogen (secondary N) is 1. The summed E-state index contributed by atoms with van der Waals surface area (Å²) in [6, 6.07) is 2.24. The van der Waals surface area contributed by atoms with Crippen LogP contribution in [0.25, 0.3) is 0 Å². The number of nitriles is 1. The van der Waals surface area contributed by atoms with Gasteiger partial charge in [-0.05, 0) is 12.8 Å². The van der Waals surface area contributed by atoms with Crippen molar-refractivity contribution in [1.82, 2.24) is 4.98 Å². The molecule has 108 valence electrons. The molecule has 1 saturated carbocycles. The van der Waals surface area contributed by atoms with Gasteiger partial charge in [0.1, 0.15) is 5.41 Å². The molecule has 0 aromatic carbocycles. The lowest BCUT2D eigenvalue weighted by molar-refractivity contribution is -0.124. The van der Waals surface area contributed by atoms with Crippen molar-refractivity contribution in [3.8, 4) is 6.07 Å². The topological polar surface area (TPSA) is 65.8 Å². The molecule has 1 aromatic rings. The summed E-state index contributed by atoms with van der Waals surface area (Å²) < 4.78 is 0. The maximum absolute atomic E-state index is 12.4. The van der Waals surface area contributed by atoms with E-state index in [4.69, 9.17) is 0 Å². The van der Waals surface area contributed by atoms with Gasteiger partial charge in [-0.25, -0.2) is 4.98 Å². The van der Waals surface area contributed by atoms with E-state index in [-0.39, 0.29) is 11.3 Å². The number of rotatable bonds is 2. The van der Waals surface area contributed by atoms with Crippen molar-refractivity contribution >= 4 is 22.4 Å². The second-order valence-corrected chi connectivity index (χ2v) is 7.35. The standard InChI is InChI=1S/C15H21N3OS/c1-14(2,3)11-9-20-13(17-11)18-12(19)15(10-16)7-5-4-6-8-15/h9H,4-8H2,1-3H3,(H,17,18,19). The first kappa shape index (κ1) is 15.0. The number of amides is 1. The molecule has 2 rings (SSSR count). The van der Waals surface area contributed by atoms with Crippen LogP contribution < -0.4 is 5.32 Å². The van der Waals surface area contributed by atoms with Crippen molar-refractivity contribution in [3.05, 3.63) is 11.1 Å². The van der Waals surface area contributed by atoms with Crippen LogP contribution in [0.4, 0.5) is 5.13 Å². The summed E-state index contributed by atoms with van der Waals surface area (Å²) in [6.07, 6.45) is 4.33. The predicted octanol–water partition coefficient (Wildman–Crippen LogP) is 3.85. The van der Waals surface area contributed by atoms with E-state index in [1.54, 1.807) is 0 Å². The van der Waals surface area contributed by atoms with Crippen LogP contribution in [0, 0.1) is 16.7 Å². The Balaban J connectivity index is 2.11. The number of nitrogens with zero attached hydrogens (tertiary/aromatic N) is 2. The fourth-order valence-corrected chi connectivity index (χ4v) is 3.37. The molecule has 0 aliphatic heterocycles. The van der Waals surface area contributed by atoms with Gasteiger partial charge < -0.3 is 5.32 Å². The number of thiazole rings is 1. The molecule has 0 spiro atoms. The molecule has 0 unspecified atom stereocenters. The van der Waals surface area contributed by atoms with E-state index in [9.17, 15) is 10.1 Å². The van der Waals surface area contributed by atoms with Crippen LogP contribution in [0.3, 0.4) is 0 Å². The van der Waals surface area contributed by atoms with Gasteiger partial charge in [0.25, 0.3) is 0 Å². The van der Waals surface area contributed by atoms with Crippen LogP contribution in [0.5, 0.6) is 0 Å². The summed E-state index contributed by atoms with van der Waals surface area (Å²) in [4.78, 5) is 16.9. The monoisotopic (exact) mass is 291 g/mol. The minimum Gasteiger partial charge on any atom is -0.301 e. The molecule has 1 aliphatic rings.